The Morgan fingerprint density at radius 1 is 1.22 bits per heavy atom. The van der Waals surface area contributed by atoms with Crippen molar-refractivity contribution in [2.45, 2.75) is 51.0 Å². The van der Waals surface area contributed by atoms with Crippen LogP contribution in [0.15, 0.2) is 35.2 Å². The summed E-state index contributed by atoms with van der Waals surface area (Å²) in [5.41, 5.74) is 1.56. The molecule has 1 aromatic carbocycles. The van der Waals surface area contributed by atoms with Crippen molar-refractivity contribution >= 4 is 31.6 Å². The molecule has 11 heteroatoms. The lowest BCUT2D eigenvalue weighted by atomic mass is 10.1. The Labute approximate surface area is 189 Å². The van der Waals surface area contributed by atoms with Crippen molar-refractivity contribution in [2.24, 2.45) is 0 Å². The minimum absolute atomic E-state index is 0.0275. The molecular weight excluding hydrogens is 452 g/mol. The molecule has 1 saturated heterocycles. The van der Waals surface area contributed by atoms with Crippen molar-refractivity contribution in [3.05, 3.63) is 41.6 Å². The first-order valence-corrected chi connectivity index (χ1v) is 14.0. The molecule has 1 aliphatic rings. The smallest absolute Gasteiger partial charge is 0.243 e. The summed E-state index contributed by atoms with van der Waals surface area (Å²) in [6.45, 7) is 6.21. The van der Waals surface area contributed by atoms with Gasteiger partial charge >= 0.3 is 0 Å². The van der Waals surface area contributed by atoms with E-state index in [1.54, 1.807) is 55.8 Å². The molecule has 9 nitrogen and oxygen atoms in total. The molecule has 0 spiro atoms. The molecule has 1 aromatic heterocycles. The summed E-state index contributed by atoms with van der Waals surface area (Å²) in [7, 11) is -6.58. The number of hydrogen-bond acceptors (Lipinski definition) is 6. The van der Waals surface area contributed by atoms with Crippen molar-refractivity contribution < 1.29 is 21.6 Å². The number of amides is 1. The van der Waals surface area contributed by atoms with Crippen LogP contribution in [0.3, 0.4) is 0 Å². The Morgan fingerprint density at radius 2 is 1.88 bits per heavy atom. The van der Waals surface area contributed by atoms with Gasteiger partial charge in [-0.3, -0.25) is 4.79 Å². The lowest BCUT2D eigenvalue weighted by Gasteiger charge is -2.18. The highest BCUT2D eigenvalue weighted by molar-refractivity contribution is 7.91. The maximum Gasteiger partial charge on any atom is 0.243 e. The van der Waals surface area contributed by atoms with Gasteiger partial charge in [0.2, 0.25) is 15.9 Å². The zero-order valence-electron chi connectivity index (χ0n) is 18.6. The number of hydrogen-bond donors (Lipinski definition) is 1. The van der Waals surface area contributed by atoms with Gasteiger partial charge in [-0.05, 0) is 37.5 Å². The fourth-order valence-electron chi connectivity index (χ4n) is 3.86. The number of carbonyl (C=O) groups excluding carboxylic acids is 1. The van der Waals surface area contributed by atoms with Gasteiger partial charge in [-0.2, -0.15) is 9.40 Å². The first-order valence-electron chi connectivity index (χ1n) is 10.7. The van der Waals surface area contributed by atoms with Crippen LogP contribution in [0.2, 0.25) is 0 Å². The van der Waals surface area contributed by atoms with Gasteiger partial charge in [0.1, 0.15) is 5.82 Å². The van der Waals surface area contributed by atoms with Gasteiger partial charge in [0, 0.05) is 25.6 Å². The first-order chi connectivity index (χ1) is 15.1. The number of sulfonamides is 1. The summed E-state index contributed by atoms with van der Waals surface area (Å²) in [5, 5.41) is 7.20. The predicted octanol–water partition coefficient (Wildman–Crippen LogP) is 2.15. The second-order valence-corrected chi connectivity index (χ2v) is 12.1. The average Bonchev–Trinajstić information content (AvgIpc) is 3.28. The Kier molecular flexibility index (Phi) is 7.41. The maximum absolute atomic E-state index is 12.6. The van der Waals surface area contributed by atoms with E-state index < -0.39 is 19.9 Å². The molecule has 3 rings (SSSR count). The van der Waals surface area contributed by atoms with Crippen LogP contribution in [0.5, 0.6) is 0 Å². The normalized spacial score (nSPS) is 18.2. The average molecular weight is 483 g/mol. The Balaban J connectivity index is 1.62. The minimum Gasteiger partial charge on any atom is -0.311 e. The van der Waals surface area contributed by atoms with E-state index in [2.05, 4.69) is 10.4 Å². The standard InChI is InChI=1S/C21H30N4O5S2/c1-4-24(5-2)32(29,30)19-9-6-17(7-10-19)8-11-21(26)22-20-14-16(3)23-25(20)18-12-13-31(27,28)15-18/h6-7,9-10,14,18H,4-5,8,11-13,15H2,1-3H3,(H,22,26). The summed E-state index contributed by atoms with van der Waals surface area (Å²) in [6, 6.07) is 8.04. The summed E-state index contributed by atoms with van der Waals surface area (Å²) >= 11 is 0. The number of carbonyl (C=O) groups is 1. The molecule has 1 N–H and O–H groups in total. The summed E-state index contributed by atoms with van der Waals surface area (Å²) in [4.78, 5) is 12.7. The third kappa shape index (κ3) is 5.57. The zero-order chi connectivity index (χ0) is 23.5. The molecule has 1 amide bonds. The fraction of sp³-hybridized carbons (Fsp3) is 0.524. The summed E-state index contributed by atoms with van der Waals surface area (Å²) in [6.07, 6.45) is 1.13. The lowest BCUT2D eigenvalue weighted by Crippen LogP contribution is -2.30. The van der Waals surface area contributed by atoms with Gasteiger partial charge in [0.05, 0.1) is 28.1 Å². The zero-order valence-corrected chi connectivity index (χ0v) is 20.2. The molecule has 0 aliphatic carbocycles. The number of aryl methyl sites for hydroxylation is 2. The number of rotatable bonds is 9. The topological polar surface area (TPSA) is 118 Å². The number of anilines is 1. The highest BCUT2D eigenvalue weighted by atomic mass is 32.2. The third-order valence-electron chi connectivity index (χ3n) is 5.59. The van der Waals surface area contributed by atoms with Crippen molar-refractivity contribution in [1.29, 1.82) is 0 Å². The van der Waals surface area contributed by atoms with Crippen LogP contribution in [0, 0.1) is 6.92 Å². The third-order valence-corrected chi connectivity index (χ3v) is 9.40. The second kappa shape index (κ2) is 9.72. The Bertz CT molecular complexity index is 1170. The van der Waals surface area contributed by atoms with Crippen LogP contribution < -0.4 is 5.32 Å². The Morgan fingerprint density at radius 3 is 2.44 bits per heavy atom. The van der Waals surface area contributed by atoms with Gasteiger partial charge < -0.3 is 5.32 Å². The fourth-order valence-corrected chi connectivity index (χ4v) is 7.01. The number of aromatic nitrogens is 2. The van der Waals surface area contributed by atoms with E-state index in [0.29, 0.717) is 37.4 Å². The number of sulfone groups is 1. The van der Waals surface area contributed by atoms with Crippen LogP contribution in [0.1, 0.15) is 44.0 Å². The molecular formula is C21H30N4O5S2. The SMILES string of the molecule is CCN(CC)S(=O)(=O)c1ccc(CCC(=O)Nc2cc(C)nn2C2CCS(=O)(=O)C2)cc1. The van der Waals surface area contributed by atoms with Gasteiger partial charge in [0.15, 0.2) is 9.84 Å². The second-order valence-electron chi connectivity index (χ2n) is 7.95. The van der Waals surface area contributed by atoms with Crippen molar-refractivity contribution in [2.75, 3.05) is 29.9 Å². The number of nitrogens with zero attached hydrogens (tertiary/aromatic N) is 3. The highest BCUT2D eigenvalue weighted by Gasteiger charge is 2.31. The van der Waals surface area contributed by atoms with E-state index in [4.69, 9.17) is 0 Å². The first kappa shape index (κ1) is 24.4. The van der Waals surface area contributed by atoms with Crippen LogP contribution in [-0.2, 0) is 31.1 Å². The molecule has 1 atom stereocenters. The van der Waals surface area contributed by atoms with Crippen LogP contribution in [0.25, 0.3) is 0 Å². The molecule has 1 aliphatic heterocycles. The van der Waals surface area contributed by atoms with Crippen molar-refractivity contribution in [1.82, 2.24) is 14.1 Å². The molecule has 1 fully saturated rings. The van der Waals surface area contributed by atoms with E-state index in [1.165, 1.54) is 4.31 Å². The molecule has 0 saturated carbocycles. The van der Waals surface area contributed by atoms with E-state index in [-0.39, 0.29) is 34.8 Å². The molecule has 2 heterocycles. The number of nitrogens with one attached hydrogen (secondary N) is 1. The summed E-state index contributed by atoms with van der Waals surface area (Å²) < 4.78 is 51.8. The van der Waals surface area contributed by atoms with E-state index in [1.807, 2.05) is 0 Å². The van der Waals surface area contributed by atoms with Crippen LogP contribution in [-0.4, -0.2) is 61.4 Å². The minimum atomic E-state index is -3.51. The van der Waals surface area contributed by atoms with Crippen LogP contribution in [0.4, 0.5) is 5.82 Å². The quantitative estimate of drug-likeness (QED) is 0.585. The number of benzene rings is 1. The molecule has 32 heavy (non-hydrogen) atoms. The van der Waals surface area contributed by atoms with Gasteiger partial charge in [-0.1, -0.05) is 26.0 Å². The van der Waals surface area contributed by atoms with Crippen molar-refractivity contribution in [3.63, 3.8) is 0 Å². The molecule has 0 radical (unpaired) electrons. The predicted molar refractivity (Wildman–Crippen MR) is 123 cm³/mol. The molecule has 0 bridgehead atoms. The largest absolute Gasteiger partial charge is 0.311 e. The van der Waals surface area contributed by atoms with Crippen LogP contribution >= 0.6 is 0 Å². The van der Waals surface area contributed by atoms with E-state index in [9.17, 15) is 21.6 Å². The molecule has 1 unspecified atom stereocenters. The van der Waals surface area contributed by atoms with Crippen molar-refractivity contribution in [3.8, 4) is 0 Å². The van der Waals surface area contributed by atoms with E-state index >= 15 is 0 Å². The Hall–Kier alpha value is -2.24. The molecule has 2 aromatic rings. The van der Waals surface area contributed by atoms with E-state index in [0.717, 1.165) is 5.56 Å². The monoisotopic (exact) mass is 482 g/mol. The summed E-state index contributed by atoms with van der Waals surface area (Å²) in [5.74, 6) is 0.436. The highest BCUT2D eigenvalue weighted by Crippen LogP contribution is 2.27. The lowest BCUT2D eigenvalue weighted by molar-refractivity contribution is -0.116. The van der Waals surface area contributed by atoms with Gasteiger partial charge in [0.25, 0.3) is 0 Å². The van der Waals surface area contributed by atoms with Gasteiger partial charge in [-0.25, -0.2) is 21.5 Å². The maximum atomic E-state index is 12.6. The van der Waals surface area contributed by atoms with Gasteiger partial charge in [-0.15, -0.1) is 0 Å². The molecule has 176 valence electrons.